The normalized spacial score (nSPS) is 16.1. The van der Waals surface area contributed by atoms with Gasteiger partial charge < -0.3 is 20.7 Å². The molecule has 0 unspecified atom stereocenters. The number of halogens is 1. The van der Waals surface area contributed by atoms with E-state index in [4.69, 9.17) is 10.5 Å². The molecule has 0 spiro atoms. The molecular weight excluding hydrogens is 318 g/mol. The van der Waals surface area contributed by atoms with E-state index in [1.165, 1.54) is 4.90 Å². The van der Waals surface area contributed by atoms with Crippen molar-refractivity contribution in [2.45, 2.75) is 12.8 Å². The van der Waals surface area contributed by atoms with Gasteiger partial charge in [-0.2, -0.15) is 0 Å². The van der Waals surface area contributed by atoms with Gasteiger partial charge in [-0.15, -0.1) is 12.4 Å². The molecule has 2 rings (SSSR count). The molecule has 1 fully saturated rings. The van der Waals surface area contributed by atoms with Crippen LogP contribution < -0.4 is 11.1 Å². The molecule has 1 aliphatic rings. The number of amides is 2. The van der Waals surface area contributed by atoms with E-state index in [1.54, 1.807) is 38.4 Å². The van der Waals surface area contributed by atoms with Crippen molar-refractivity contribution in [2.75, 3.05) is 39.2 Å². The summed E-state index contributed by atoms with van der Waals surface area (Å²) in [5, 5.41) is 2.89. The van der Waals surface area contributed by atoms with Crippen molar-refractivity contribution < 1.29 is 14.3 Å². The maximum Gasteiger partial charge on any atom is 0.253 e. The van der Waals surface area contributed by atoms with Gasteiger partial charge >= 0.3 is 0 Å². The fourth-order valence-corrected chi connectivity index (χ4v) is 2.54. The molecule has 1 aromatic rings. The van der Waals surface area contributed by atoms with Crippen LogP contribution in [0.1, 0.15) is 23.2 Å². The lowest BCUT2D eigenvalue weighted by molar-refractivity contribution is -0.130. The Morgan fingerprint density at radius 2 is 1.96 bits per heavy atom. The predicted molar refractivity (Wildman–Crippen MR) is 91.9 cm³/mol. The number of hydrogen-bond acceptors (Lipinski definition) is 4. The van der Waals surface area contributed by atoms with E-state index in [-0.39, 0.29) is 24.2 Å². The van der Waals surface area contributed by atoms with E-state index in [0.717, 1.165) is 0 Å². The average molecular weight is 342 g/mol. The Balaban J connectivity index is 0.00000264. The largest absolute Gasteiger partial charge is 0.381 e. The Labute approximate surface area is 142 Å². The molecule has 0 bridgehead atoms. The molecular formula is C16H24ClN3O3. The summed E-state index contributed by atoms with van der Waals surface area (Å²) < 4.78 is 5.32. The van der Waals surface area contributed by atoms with E-state index in [1.807, 2.05) is 0 Å². The first kappa shape index (κ1) is 19.4. The summed E-state index contributed by atoms with van der Waals surface area (Å²) in [4.78, 5) is 26.1. The van der Waals surface area contributed by atoms with Crippen molar-refractivity contribution in [1.29, 1.82) is 0 Å². The predicted octanol–water partition coefficient (Wildman–Crippen LogP) is 1.50. The molecule has 6 nitrogen and oxygen atoms in total. The maximum atomic E-state index is 12.6. The van der Waals surface area contributed by atoms with Gasteiger partial charge in [0.1, 0.15) is 0 Å². The lowest BCUT2D eigenvalue weighted by Crippen LogP contribution is -2.46. The van der Waals surface area contributed by atoms with Crippen molar-refractivity contribution in [3.63, 3.8) is 0 Å². The van der Waals surface area contributed by atoms with Gasteiger partial charge in [-0.3, -0.25) is 9.59 Å². The first-order chi connectivity index (χ1) is 10.5. The minimum atomic E-state index is -0.584. The Bertz CT molecular complexity index is 557. The second-order valence-corrected chi connectivity index (χ2v) is 5.83. The second-order valence-electron chi connectivity index (χ2n) is 5.83. The average Bonchev–Trinajstić information content (AvgIpc) is 2.54. The zero-order valence-corrected chi connectivity index (χ0v) is 14.3. The Hall–Kier alpha value is -1.63. The summed E-state index contributed by atoms with van der Waals surface area (Å²) in [5.74, 6) is -0.205. The fraction of sp³-hybridized carbons (Fsp3) is 0.500. The SMILES string of the molecule is CN(C)C(=O)c1cccc(NC(=O)C2(CN)CCOCC2)c1.Cl. The monoisotopic (exact) mass is 341 g/mol. The first-order valence-corrected chi connectivity index (χ1v) is 7.39. The highest BCUT2D eigenvalue weighted by Crippen LogP contribution is 2.31. The minimum absolute atomic E-state index is 0. The highest BCUT2D eigenvalue weighted by molar-refractivity contribution is 5.98. The zero-order valence-electron chi connectivity index (χ0n) is 13.5. The number of ether oxygens (including phenoxy) is 1. The van der Waals surface area contributed by atoms with Gasteiger partial charge in [0.2, 0.25) is 5.91 Å². The number of benzene rings is 1. The summed E-state index contributed by atoms with van der Waals surface area (Å²) in [6.45, 7) is 1.38. The van der Waals surface area contributed by atoms with Gasteiger partial charge in [-0.25, -0.2) is 0 Å². The number of nitrogens with one attached hydrogen (secondary N) is 1. The molecule has 128 valence electrons. The lowest BCUT2D eigenvalue weighted by atomic mass is 9.79. The molecule has 23 heavy (non-hydrogen) atoms. The molecule has 0 aromatic heterocycles. The fourth-order valence-electron chi connectivity index (χ4n) is 2.54. The van der Waals surface area contributed by atoms with Crippen LogP contribution in [0, 0.1) is 5.41 Å². The van der Waals surface area contributed by atoms with Gasteiger partial charge in [0.15, 0.2) is 0 Å². The van der Waals surface area contributed by atoms with Crippen LogP contribution in [-0.2, 0) is 9.53 Å². The zero-order chi connectivity index (χ0) is 16.2. The Morgan fingerprint density at radius 1 is 1.30 bits per heavy atom. The van der Waals surface area contributed by atoms with Crippen LogP contribution in [0.3, 0.4) is 0 Å². The van der Waals surface area contributed by atoms with Crippen molar-refractivity contribution >= 4 is 29.9 Å². The number of anilines is 1. The van der Waals surface area contributed by atoms with E-state index >= 15 is 0 Å². The van der Waals surface area contributed by atoms with Gasteiger partial charge in [0.25, 0.3) is 5.91 Å². The summed E-state index contributed by atoms with van der Waals surface area (Å²) in [5.41, 5.74) is 6.40. The lowest BCUT2D eigenvalue weighted by Gasteiger charge is -2.34. The van der Waals surface area contributed by atoms with Crippen LogP contribution in [0.2, 0.25) is 0 Å². The number of carbonyl (C=O) groups is 2. The van der Waals surface area contributed by atoms with Crippen LogP contribution in [0.25, 0.3) is 0 Å². The second kappa shape index (κ2) is 8.29. The van der Waals surface area contributed by atoms with E-state index in [2.05, 4.69) is 5.32 Å². The highest BCUT2D eigenvalue weighted by Gasteiger charge is 2.38. The maximum absolute atomic E-state index is 12.6. The third kappa shape index (κ3) is 4.43. The summed E-state index contributed by atoms with van der Waals surface area (Å²) in [7, 11) is 3.39. The molecule has 1 saturated heterocycles. The van der Waals surface area contributed by atoms with Crippen LogP contribution in [0.5, 0.6) is 0 Å². The van der Waals surface area contributed by atoms with E-state index in [9.17, 15) is 9.59 Å². The Morgan fingerprint density at radius 3 is 2.52 bits per heavy atom. The number of hydrogen-bond donors (Lipinski definition) is 2. The van der Waals surface area contributed by atoms with Crippen LogP contribution in [0.4, 0.5) is 5.69 Å². The number of nitrogens with two attached hydrogens (primary N) is 1. The molecule has 0 saturated carbocycles. The van der Waals surface area contributed by atoms with Crippen molar-refractivity contribution in [2.24, 2.45) is 11.1 Å². The first-order valence-electron chi connectivity index (χ1n) is 7.39. The Kier molecular flexibility index (Phi) is 7.00. The summed E-state index contributed by atoms with van der Waals surface area (Å²) >= 11 is 0. The topological polar surface area (TPSA) is 84.7 Å². The smallest absolute Gasteiger partial charge is 0.253 e. The van der Waals surface area contributed by atoms with Gasteiger partial charge in [0, 0.05) is 45.1 Å². The van der Waals surface area contributed by atoms with Gasteiger partial charge in [-0.05, 0) is 31.0 Å². The summed E-state index contributed by atoms with van der Waals surface area (Å²) in [6, 6.07) is 6.94. The van der Waals surface area contributed by atoms with Crippen LogP contribution in [-0.4, -0.2) is 50.6 Å². The van der Waals surface area contributed by atoms with Crippen LogP contribution in [0.15, 0.2) is 24.3 Å². The third-order valence-corrected chi connectivity index (χ3v) is 4.10. The molecule has 0 radical (unpaired) electrons. The number of carbonyl (C=O) groups excluding carboxylic acids is 2. The van der Waals surface area contributed by atoms with E-state index in [0.29, 0.717) is 43.9 Å². The van der Waals surface area contributed by atoms with Gasteiger partial charge in [0.05, 0.1) is 5.41 Å². The molecule has 7 heteroatoms. The van der Waals surface area contributed by atoms with Crippen molar-refractivity contribution in [3.8, 4) is 0 Å². The molecule has 0 atom stereocenters. The highest BCUT2D eigenvalue weighted by atomic mass is 35.5. The third-order valence-electron chi connectivity index (χ3n) is 4.10. The van der Waals surface area contributed by atoms with Crippen molar-refractivity contribution in [3.05, 3.63) is 29.8 Å². The molecule has 1 aromatic carbocycles. The molecule has 2 amide bonds. The van der Waals surface area contributed by atoms with Crippen molar-refractivity contribution in [1.82, 2.24) is 4.90 Å². The molecule has 3 N–H and O–H groups in total. The van der Waals surface area contributed by atoms with Crippen LogP contribution >= 0.6 is 12.4 Å². The molecule has 1 aliphatic heterocycles. The minimum Gasteiger partial charge on any atom is -0.381 e. The summed E-state index contributed by atoms with van der Waals surface area (Å²) in [6.07, 6.45) is 1.23. The standard InChI is InChI=1S/C16H23N3O3.ClH/c1-19(2)14(20)12-4-3-5-13(10-12)18-15(21)16(11-17)6-8-22-9-7-16;/h3-5,10H,6-9,11,17H2,1-2H3,(H,18,21);1H. The number of nitrogens with zero attached hydrogens (tertiary/aromatic N) is 1. The quantitative estimate of drug-likeness (QED) is 0.869. The molecule has 0 aliphatic carbocycles. The van der Waals surface area contributed by atoms with E-state index < -0.39 is 5.41 Å². The van der Waals surface area contributed by atoms with Gasteiger partial charge in [-0.1, -0.05) is 6.07 Å². The number of rotatable bonds is 4. The molecule has 1 heterocycles.